The van der Waals surface area contributed by atoms with Crippen molar-refractivity contribution in [1.82, 2.24) is 9.97 Å². The molecule has 0 aliphatic heterocycles. The standard InChI is InChI=1S/C14H18N2Si/c1-3-17(4-2)12-8-9-14(16-11-12)13-7-5-6-10-15-13/h5-11,17H,3-4H2,1-2H3. The molecule has 0 fully saturated rings. The molecule has 0 unspecified atom stereocenters. The fourth-order valence-electron chi connectivity index (χ4n) is 2.07. The Labute approximate surface area is 104 Å². The molecule has 0 atom stereocenters. The van der Waals surface area contributed by atoms with Crippen LogP contribution in [0.4, 0.5) is 0 Å². The summed E-state index contributed by atoms with van der Waals surface area (Å²) in [5.41, 5.74) is 1.92. The molecule has 3 heteroatoms. The molecule has 0 bridgehead atoms. The Morgan fingerprint density at radius 2 is 1.71 bits per heavy atom. The highest BCUT2D eigenvalue weighted by Gasteiger charge is 2.09. The van der Waals surface area contributed by atoms with Crippen molar-refractivity contribution in [2.24, 2.45) is 0 Å². The second-order valence-electron chi connectivity index (χ2n) is 4.21. The van der Waals surface area contributed by atoms with Gasteiger partial charge >= 0.3 is 0 Å². The second-order valence-corrected chi connectivity index (χ2v) is 7.90. The van der Waals surface area contributed by atoms with E-state index in [1.807, 2.05) is 24.4 Å². The van der Waals surface area contributed by atoms with Crippen molar-refractivity contribution >= 4 is 14.0 Å². The minimum absolute atomic E-state index is 0.748. The van der Waals surface area contributed by atoms with Crippen molar-refractivity contribution < 1.29 is 0 Å². The first kappa shape index (κ1) is 12.0. The normalized spacial score (nSPS) is 10.8. The smallest absolute Gasteiger partial charge is 0.0886 e. The van der Waals surface area contributed by atoms with E-state index in [1.165, 1.54) is 17.3 Å². The summed E-state index contributed by atoms with van der Waals surface area (Å²) in [4.78, 5) is 8.85. The summed E-state index contributed by atoms with van der Waals surface area (Å²) in [6.45, 7) is 4.57. The molecular weight excluding hydrogens is 224 g/mol. The predicted octanol–water partition coefficient (Wildman–Crippen LogP) is 2.62. The van der Waals surface area contributed by atoms with Crippen LogP contribution in [0.2, 0.25) is 12.1 Å². The highest BCUT2D eigenvalue weighted by molar-refractivity contribution is 6.72. The summed E-state index contributed by atoms with van der Waals surface area (Å²) in [5, 5.41) is 1.47. The van der Waals surface area contributed by atoms with Crippen molar-refractivity contribution in [2.75, 3.05) is 0 Å². The number of aromatic nitrogens is 2. The summed E-state index contributed by atoms with van der Waals surface area (Å²) in [5.74, 6) is 0. The molecule has 2 aromatic heterocycles. The van der Waals surface area contributed by atoms with E-state index in [2.05, 4.69) is 35.9 Å². The molecule has 2 heterocycles. The van der Waals surface area contributed by atoms with Gasteiger partial charge in [-0.25, -0.2) is 0 Å². The fraction of sp³-hybridized carbons (Fsp3) is 0.286. The van der Waals surface area contributed by atoms with Crippen LogP contribution in [0.1, 0.15) is 13.8 Å². The van der Waals surface area contributed by atoms with Crippen molar-refractivity contribution in [3.8, 4) is 11.4 Å². The van der Waals surface area contributed by atoms with E-state index in [0.29, 0.717) is 0 Å². The van der Waals surface area contributed by atoms with E-state index in [4.69, 9.17) is 0 Å². The minimum atomic E-state index is -0.748. The maximum atomic E-state index is 4.54. The van der Waals surface area contributed by atoms with E-state index in [0.717, 1.165) is 11.4 Å². The van der Waals surface area contributed by atoms with Gasteiger partial charge in [0.25, 0.3) is 0 Å². The first-order chi connectivity index (χ1) is 8.35. The monoisotopic (exact) mass is 242 g/mol. The Hall–Kier alpha value is -1.48. The third-order valence-electron chi connectivity index (χ3n) is 3.17. The summed E-state index contributed by atoms with van der Waals surface area (Å²) in [7, 11) is -0.748. The zero-order chi connectivity index (χ0) is 12.1. The first-order valence-corrected chi connectivity index (χ1v) is 8.43. The van der Waals surface area contributed by atoms with Crippen LogP contribution in [-0.2, 0) is 0 Å². The van der Waals surface area contributed by atoms with Crippen LogP contribution in [0.3, 0.4) is 0 Å². The van der Waals surface area contributed by atoms with Gasteiger partial charge in [0.05, 0.1) is 20.2 Å². The Balaban J connectivity index is 2.24. The highest BCUT2D eigenvalue weighted by atomic mass is 28.3. The van der Waals surface area contributed by atoms with Gasteiger partial charge in [0, 0.05) is 12.4 Å². The van der Waals surface area contributed by atoms with Gasteiger partial charge in [0.15, 0.2) is 0 Å². The van der Waals surface area contributed by atoms with Crippen molar-refractivity contribution in [1.29, 1.82) is 0 Å². The fourth-order valence-corrected chi connectivity index (χ4v) is 4.25. The molecule has 0 aromatic carbocycles. The lowest BCUT2D eigenvalue weighted by atomic mass is 10.2. The van der Waals surface area contributed by atoms with Gasteiger partial charge in [-0.15, -0.1) is 0 Å². The summed E-state index contributed by atoms with van der Waals surface area (Å²) >= 11 is 0. The van der Waals surface area contributed by atoms with E-state index in [9.17, 15) is 0 Å². The molecule has 17 heavy (non-hydrogen) atoms. The Morgan fingerprint density at radius 1 is 0.941 bits per heavy atom. The zero-order valence-corrected chi connectivity index (χ0v) is 11.6. The lowest BCUT2D eigenvalue weighted by Crippen LogP contribution is -2.28. The number of rotatable bonds is 4. The van der Waals surface area contributed by atoms with Crippen molar-refractivity contribution in [3.63, 3.8) is 0 Å². The van der Waals surface area contributed by atoms with Crippen LogP contribution in [0, 0.1) is 0 Å². The topological polar surface area (TPSA) is 25.8 Å². The third kappa shape index (κ3) is 2.80. The molecule has 88 valence electrons. The van der Waals surface area contributed by atoms with E-state index < -0.39 is 8.80 Å². The summed E-state index contributed by atoms with van der Waals surface area (Å²) in [6.07, 6.45) is 3.86. The van der Waals surface area contributed by atoms with Crippen LogP contribution in [0.5, 0.6) is 0 Å². The largest absolute Gasteiger partial charge is 0.255 e. The minimum Gasteiger partial charge on any atom is -0.255 e. The number of hydrogen-bond donors (Lipinski definition) is 0. The maximum absolute atomic E-state index is 4.54. The lowest BCUT2D eigenvalue weighted by molar-refractivity contribution is 1.25. The molecule has 2 rings (SSSR count). The molecular formula is C14H18N2Si. The molecule has 2 nitrogen and oxygen atoms in total. The number of nitrogens with zero attached hydrogens (tertiary/aromatic N) is 2. The molecule has 2 aromatic rings. The van der Waals surface area contributed by atoms with Gasteiger partial charge < -0.3 is 0 Å². The van der Waals surface area contributed by atoms with Gasteiger partial charge in [0.2, 0.25) is 0 Å². The average Bonchev–Trinajstić information content (AvgIpc) is 2.42. The second kappa shape index (κ2) is 5.73. The molecule has 0 saturated carbocycles. The van der Waals surface area contributed by atoms with Gasteiger partial charge in [-0.1, -0.05) is 38.1 Å². The predicted molar refractivity (Wildman–Crippen MR) is 75.2 cm³/mol. The van der Waals surface area contributed by atoms with E-state index in [-0.39, 0.29) is 0 Å². The van der Waals surface area contributed by atoms with E-state index >= 15 is 0 Å². The molecule has 0 amide bonds. The molecule has 0 saturated heterocycles. The Bertz CT molecular complexity index is 449. The zero-order valence-electron chi connectivity index (χ0n) is 10.4. The van der Waals surface area contributed by atoms with Crippen LogP contribution in [0.25, 0.3) is 11.4 Å². The Kier molecular flexibility index (Phi) is 4.04. The first-order valence-electron chi connectivity index (χ1n) is 6.22. The van der Waals surface area contributed by atoms with Gasteiger partial charge in [-0.05, 0) is 23.4 Å². The quantitative estimate of drug-likeness (QED) is 0.770. The van der Waals surface area contributed by atoms with Crippen LogP contribution in [-0.4, -0.2) is 18.8 Å². The number of pyridine rings is 2. The molecule has 0 N–H and O–H groups in total. The van der Waals surface area contributed by atoms with Crippen molar-refractivity contribution in [2.45, 2.75) is 25.9 Å². The molecule has 0 aliphatic rings. The maximum Gasteiger partial charge on any atom is 0.0886 e. The van der Waals surface area contributed by atoms with Gasteiger partial charge in [-0.3, -0.25) is 9.97 Å². The SMILES string of the molecule is CC[SiH](CC)c1ccc(-c2ccccn2)nc1. The van der Waals surface area contributed by atoms with Gasteiger partial charge in [0.1, 0.15) is 0 Å². The van der Waals surface area contributed by atoms with Crippen LogP contribution >= 0.6 is 0 Å². The highest BCUT2D eigenvalue weighted by Crippen LogP contribution is 2.11. The third-order valence-corrected chi connectivity index (χ3v) is 6.43. The molecule has 0 spiro atoms. The van der Waals surface area contributed by atoms with Gasteiger partial charge in [-0.2, -0.15) is 0 Å². The summed E-state index contributed by atoms with van der Waals surface area (Å²) < 4.78 is 0. The van der Waals surface area contributed by atoms with Crippen LogP contribution in [0.15, 0.2) is 42.7 Å². The van der Waals surface area contributed by atoms with Crippen LogP contribution < -0.4 is 5.19 Å². The molecule has 0 aliphatic carbocycles. The Morgan fingerprint density at radius 3 is 2.24 bits per heavy atom. The summed E-state index contributed by atoms with van der Waals surface area (Å²) in [6, 6.07) is 12.9. The lowest BCUT2D eigenvalue weighted by Gasteiger charge is -2.10. The van der Waals surface area contributed by atoms with E-state index in [1.54, 1.807) is 6.20 Å². The van der Waals surface area contributed by atoms with Crippen molar-refractivity contribution in [3.05, 3.63) is 42.7 Å². The number of hydrogen-bond acceptors (Lipinski definition) is 2. The average molecular weight is 242 g/mol. The molecule has 0 radical (unpaired) electrons.